The minimum atomic E-state index is -0.943. The van der Waals surface area contributed by atoms with Crippen molar-refractivity contribution >= 4 is 23.7 Å². The molecule has 10 heteroatoms. The Morgan fingerprint density at radius 1 is 1.24 bits per heavy atom. The average Bonchev–Trinajstić information content (AvgIpc) is 3.33. The topological polar surface area (TPSA) is 132 Å². The smallest absolute Gasteiger partial charge is 0.282 e. The van der Waals surface area contributed by atoms with Crippen molar-refractivity contribution in [3.05, 3.63) is 63.7 Å². The molecule has 2 aliphatic rings. The predicted octanol–water partition coefficient (Wildman–Crippen LogP) is 1.30. The van der Waals surface area contributed by atoms with E-state index < -0.39 is 16.7 Å². The van der Waals surface area contributed by atoms with Crippen LogP contribution in [-0.2, 0) is 9.59 Å². The molecule has 1 fully saturated rings. The van der Waals surface area contributed by atoms with Crippen molar-refractivity contribution in [3.63, 3.8) is 0 Å². The first-order valence-electron chi connectivity index (χ1n) is 8.78. The molecule has 10 nitrogen and oxygen atoms in total. The van der Waals surface area contributed by atoms with Crippen LogP contribution < -0.4 is 20.2 Å². The molecule has 2 aromatic rings. The van der Waals surface area contributed by atoms with Gasteiger partial charge in [-0.05, 0) is 11.6 Å². The Labute approximate surface area is 164 Å². The van der Waals surface area contributed by atoms with Gasteiger partial charge in [0.15, 0.2) is 11.5 Å². The molecule has 0 radical (unpaired) electrons. The summed E-state index contributed by atoms with van der Waals surface area (Å²) in [6.45, 7) is 0.319. The summed E-state index contributed by atoms with van der Waals surface area (Å²) in [6, 6.07) is 11.9. The fourth-order valence-electron chi connectivity index (χ4n) is 3.38. The molecule has 0 aliphatic carbocycles. The highest BCUT2D eigenvalue weighted by Gasteiger charge is 2.41. The summed E-state index contributed by atoms with van der Waals surface area (Å²) in [7, 11) is 0. The van der Waals surface area contributed by atoms with Crippen LogP contribution in [0, 0.1) is 16.0 Å². The molecule has 4 rings (SSSR count). The van der Waals surface area contributed by atoms with Crippen LogP contribution in [-0.4, -0.2) is 36.3 Å². The third-order valence-electron chi connectivity index (χ3n) is 4.79. The lowest BCUT2D eigenvalue weighted by molar-refractivity contribution is -0.385. The molecule has 0 aromatic heterocycles. The number of hydrogen-bond donors (Lipinski definition) is 2. The lowest BCUT2D eigenvalue weighted by atomic mass is 9.88. The first-order chi connectivity index (χ1) is 14.0. The average molecular weight is 396 g/mol. The molecule has 0 unspecified atom stereocenters. The van der Waals surface area contributed by atoms with Gasteiger partial charge in [0.25, 0.3) is 11.6 Å². The molecule has 148 valence electrons. The van der Waals surface area contributed by atoms with Gasteiger partial charge in [0.05, 0.1) is 22.8 Å². The van der Waals surface area contributed by atoms with Crippen LogP contribution in [0.4, 0.5) is 5.69 Å². The third-order valence-corrected chi connectivity index (χ3v) is 4.79. The predicted molar refractivity (Wildman–Crippen MR) is 101 cm³/mol. The van der Waals surface area contributed by atoms with Crippen molar-refractivity contribution in [1.29, 1.82) is 0 Å². The number of ether oxygens (including phenoxy) is 2. The van der Waals surface area contributed by atoms with E-state index in [0.717, 1.165) is 11.8 Å². The number of hydrazone groups is 1. The number of carbonyl (C=O) groups is 2. The van der Waals surface area contributed by atoms with Crippen molar-refractivity contribution in [2.45, 2.75) is 5.92 Å². The van der Waals surface area contributed by atoms with Crippen LogP contribution in [0.2, 0.25) is 0 Å². The van der Waals surface area contributed by atoms with E-state index in [9.17, 15) is 19.7 Å². The van der Waals surface area contributed by atoms with Crippen molar-refractivity contribution in [2.24, 2.45) is 11.0 Å². The lowest BCUT2D eigenvalue weighted by Gasteiger charge is -2.15. The molecule has 2 aromatic carbocycles. The first kappa shape index (κ1) is 18.4. The SMILES string of the molecule is O=C1NC[C@H](c2ccccc2)[C@H]1C(=O)N/N=C/c1cc2c(cc1[N+](=O)[O-])OCO2. The van der Waals surface area contributed by atoms with E-state index in [-0.39, 0.29) is 35.6 Å². The van der Waals surface area contributed by atoms with Crippen molar-refractivity contribution < 1.29 is 24.0 Å². The Morgan fingerprint density at radius 2 is 1.97 bits per heavy atom. The molecule has 2 aliphatic heterocycles. The highest BCUT2D eigenvalue weighted by atomic mass is 16.7. The second-order valence-electron chi connectivity index (χ2n) is 6.50. The second-order valence-corrected chi connectivity index (χ2v) is 6.50. The van der Waals surface area contributed by atoms with Gasteiger partial charge in [0, 0.05) is 12.5 Å². The summed E-state index contributed by atoms with van der Waals surface area (Å²) in [5.74, 6) is -1.62. The summed E-state index contributed by atoms with van der Waals surface area (Å²) in [5, 5.41) is 17.8. The number of nitrogens with one attached hydrogen (secondary N) is 2. The number of nitrogens with zero attached hydrogens (tertiary/aromatic N) is 2. The number of rotatable bonds is 5. The number of fused-ring (bicyclic) bond motifs is 1. The Hall–Kier alpha value is -3.95. The molecular weight excluding hydrogens is 380 g/mol. The zero-order valence-corrected chi connectivity index (χ0v) is 15.0. The molecule has 0 saturated carbocycles. The standard InChI is InChI=1S/C19H16N4O6/c24-18-17(13(9-20-18)11-4-2-1-3-5-11)19(25)22-21-8-12-6-15-16(29-10-28-15)7-14(12)23(26)27/h1-8,13,17H,9-10H2,(H,20,24)(H,22,25)/b21-8+/t13-,17-/m1/s1. The maximum atomic E-state index is 12.6. The summed E-state index contributed by atoms with van der Waals surface area (Å²) >= 11 is 0. The zero-order chi connectivity index (χ0) is 20.4. The Kier molecular flexibility index (Phi) is 4.82. The molecular formula is C19H16N4O6. The van der Waals surface area contributed by atoms with E-state index in [2.05, 4.69) is 15.8 Å². The Bertz CT molecular complexity index is 1010. The minimum absolute atomic E-state index is 0.0263. The fourth-order valence-corrected chi connectivity index (χ4v) is 3.38. The molecule has 2 heterocycles. The molecule has 1 saturated heterocycles. The van der Waals surface area contributed by atoms with Crippen molar-refractivity contribution in [3.8, 4) is 11.5 Å². The first-order valence-corrected chi connectivity index (χ1v) is 8.78. The number of hydrogen-bond acceptors (Lipinski definition) is 7. The molecule has 2 atom stereocenters. The highest BCUT2D eigenvalue weighted by Crippen LogP contribution is 2.37. The van der Waals surface area contributed by atoms with Crippen LogP contribution in [0.3, 0.4) is 0 Å². The summed E-state index contributed by atoms with van der Waals surface area (Å²) in [4.78, 5) is 35.4. The van der Waals surface area contributed by atoms with Gasteiger partial charge in [-0.15, -0.1) is 0 Å². The summed E-state index contributed by atoms with van der Waals surface area (Å²) in [5.41, 5.74) is 3.07. The highest BCUT2D eigenvalue weighted by molar-refractivity contribution is 6.03. The van der Waals surface area contributed by atoms with Gasteiger partial charge in [0.2, 0.25) is 12.7 Å². The van der Waals surface area contributed by atoms with Gasteiger partial charge in [-0.3, -0.25) is 19.7 Å². The minimum Gasteiger partial charge on any atom is -0.454 e. The van der Waals surface area contributed by atoms with E-state index in [1.807, 2.05) is 30.3 Å². The monoisotopic (exact) mass is 396 g/mol. The second kappa shape index (κ2) is 7.58. The van der Waals surface area contributed by atoms with E-state index in [1.165, 1.54) is 12.1 Å². The van der Waals surface area contributed by atoms with Crippen molar-refractivity contribution in [1.82, 2.24) is 10.7 Å². The Morgan fingerprint density at radius 3 is 2.69 bits per heavy atom. The Balaban J connectivity index is 1.51. The van der Waals surface area contributed by atoms with E-state index in [1.54, 1.807) is 0 Å². The number of carbonyl (C=O) groups excluding carboxylic acids is 2. The van der Waals surface area contributed by atoms with E-state index >= 15 is 0 Å². The maximum Gasteiger partial charge on any atom is 0.282 e. The third kappa shape index (κ3) is 3.59. The van der Waals surface area contributed by atoms with Gasteiger partial charge >= 0.3 is 0 Å². The van der Waals surface area contributed by atoms with Gasteiger partial charge in [-0.25, -0.2) is 5.43 Å². The molecule has 2 N–H and O–H groups in total. The van der Waals surface area contributed by atoms with Crippen LogP contribution in [0.15, 0.2) is 47.6 Å². The number of nitro groups is 1. The van der Waals surface area contributed by atoms with Crippen LogP contribution in [0.1, 0.15) is 17.0 Å². The normalized spacial score (nSPS) is 19.9. The number of benzene rings is 2. The maximum absolute atomic E-state index is 12.6. The van der Waals surface area contributed by atoms with E-state index in [4.69, 9.17) is 9.47 Å². The van der Waals surface area contributed by atoms with Crippen LogP contribution in [0.5, 0.6) is 11.5 Å². The quantitative estimate of drug-likeness (QED) is 0.339. The summed E-state index contributed by atoms with van der Waals surface area (Å²) in [6.07, 6.45) is 1.14. The van der Waals surface area contributed by atoms with Gasteiger partial charge < -0.3 is 14.8 Å². The molecule has 0 bridgehead atoms. The van der Waals surface area contributed by atoms with Crippen LogP contribution in [0.25, 0.3) is 0 Å². The summed E-state index contributed by atoms with van der Waals surface area (Å²) < 4.78 is 10.3. The van der Waals surface area contributed by atoms with Gasteiger partial charge in [0.1, 0.15) is 5.92 Å². The number of nitro benzene ring substituents is 1. The molecule has 2 amide bonds. The largest absolute Gasteiger partial charge is 0.454 e. The lowest BCUT2D eigenvalue weighted by Crippen LogP contribution is -2.34. The van der Waals surface area contributed by atoms with Crippen molar-refractivity contribution in [2.75, 3.05) is 13.3 Å². The van der Waals surface area contributed by atoms with Gasteiger partial charge in [-0.2, -0.15) is 5.10 Å². The van der Waals surface area contributed by atoms with Crippen LogP contribution >= 0.6 is 0 Å². The zero-order valence-electron chi connectivity index (χ0n) is 15.0. The van der Waals surface area contributed by atoms with E-state index in [0.29, 0.717) is 12.3 Å². The molecule has 0 spiro atoms. The molecule has 29 heavy (non-hydrogen) atoms. The van der Waals surface area contributed by atoms with Gasteiger partial charge in [-0.1, -0.05) is 30.3 Å². The number of amides is 2. The fraction of sp³-hybridized carbons (Fsp3) is 0.211.